The lowest BCUT2D eigenvalue weighted by atomic mass is 10.1. The van der Waals surface area contributed by atoms with Crippen LogP contribution in [0.15, 0.2) is 61.3 Å². The topological polar surface area (TPSA) is 141 Å². The SMILES string of the molecule is C=CC(=O)Nc1cccc(C(=N)Nc2cccc(CNc3nc(NC4CCOCC4)nc4c(C(C)C)cnn34)c2)c1C. The minimum atomic E-state index is -0.294. The predicted molar refractivity (Wildman–Crippen MR) is 167 cm³/mol. The molecular formula is C31H37N9O2. The summed E-state index contributed by atoms with van der Waals surface area (Å²) in [6.45, 7) is 11.6. The van der Waals surface area contributed by atoms with Crippen molar-refractivity contribution in [3.63, 3.8) is 0 Å². The number of amidine groups is 1. The quantitative estimate of drug-likeness (QED) is 0.0985. The second kappa shape index (κ2) is 12.8. The summed E-state index contributed by atoms with van der Waals surface area (Å²) in [4.78, 5) is 21.4. The molecule has 11 heteroatoms. The van der Waals surface area contributed by atoms with Crippen LogP contribution in [0, 0.1) is 12.3 Å². The highest BCUT2D eigenvalue weighted by atomic mass is 16.5. The van der Waals surface area contributed by atoms with Gasteiger partial charge in [-0.25, -0.2) is 0 Å². The number of ether oxygens (including phenoxy) is 1. The standard InChI is InChI=1S/C31H37N9O2/c1-5-27(41)37-26-11-7-10-24(20(26)4)28(32)35-23-9-6-8-21(16-23)17-33-31-39-30(36-22-12-14-42-15-13-22)38-29-25(19(2)3)18-34-40(29)31/h5-11,16,18-19,22H,1,12-15,17H2,2-4H3,(H2,32,35)(H,37,41)(H2,33,36,38,39). The Labute approximate surface area is 245 Å². The fourth-order valence-electron chi connectivity index (χ4n) is 4.88. The molecule has 0 radical (unpaired) electrons. The van der Waals surface area contributed by atoms with Crippen LogP contribution in [0.5, 0.6) is 0 Å². The molecular weight excluding hydrogens is 530 g/mol. The number of hydrogen-bond donors (Lipinski definition) is 5. The minimum absolute atomic E-state index is 0.228. The maximum Gasteiger partial charge on any atom is 0.247 e. The smallest absolute Gasteiger partial charge is 0.247 e. The highest BCUT2D eigenvalue weighted by molar-refractivity contribution is 6.09. The molecule has 4 aromatic rings. The number of anilines is 4. The molecule has 3 heterocycles. The van der Waals surface area contributed by atoms with Crippen LogP contribution in [-0.2, 0) is 16.1 Å². The average molecular weight is 568 g/mol. The van der Waals surface area contributed by atoms with Crippen LogP contribution < -0.4 is 21.3 Å². The molecule has 1 aliphatic heterocycles. The number of carbonyl (C=O) groups is 1. The summed E-state index contributed by atoms with van der Waals surface area (Å²) in [6, 6.07) is 13.6. The van der Waals surface area contributed by atoms with E-state index < -0.39 is 0 Å². The van der Waals surface area contributed by atoms with Crippen molar-refractivity contribution in [2.45, 2.75) is 52.1 Å². The fourth-order valence-corrected chi connectivity index (χ4v) is 4.88. The maximum absolute atomic E-state index is 11.8. The zero-order chi connectivity index (χ0) is 29.6. The van der Waals surface area contributed by atoms with Gasteiger partial charge >= 0.3 is 0 Å². The highest BCUT2D eigenvalue weighted by Crippen LogP contribution is 2.24. The summed E-state index contributed by atoms with van der Waals surface area (Å²) in [5.74, 6) is 1.37. The first-order valence-corrected chi connectivity index (χ1v) is 14.1. The Morgan fingerprint density at radius 2 is 1.95 bits per heavy atom. The molecule has 42 heavy (non-hydrogen) atoms. The summed E-state index contributed by atoms with van der Waals surface area (Å²) in [5.41, 5.74) is 5.73. The van der Waals surface area contributed by atoms with Crippen molar-refractivity contribution in [2.75, 3.05) is 34.5 Å². The zero-order valence-corrected chi connectivity index (χ0v) is 24.2. The van der Waals surface area contributed by atoms with Crippen LogP contribution in [0.4, 0.5) is 23.3 Å². The summed E-state index contributed by atoms with van der Waals surface area (Å²) >= 11 is 0. The van der Waals surface area contributed by atoms with Crippen molar-refractivity contribution in [1.82, 2.24) is 19.6 Å². The second-order valence-corrected chi connectivity index (χ2v) is 10.6. The Morgan fingerprint density at radius 1 is 1.17 bits per heavy atom. The van der Waals surface area contributed by atoms with Gasteiger partial charge in [0.05, 0.1) is 6.20 Å². The molecule has 1 fully saturated rings. The molecule has 0 bridgehead atoms. The van der Waals surface area contributed by atoms with Crippen molar-refractivity contribution in [3.8, 4) is 0 Å². The Balaban J connectivity index is 1.33. The van der Waals surface area contributed by atoms with E-state index in [1.165, 1.54) is 6.08 Å². The highest BCUT2D eigenvalue weighted by Gasteiger charge is 2.19. The molecule has 2 aromatic carbocycles. The molecule has 1 aliphatic rings. The fraction of sp³-hybridized carbons (Fsp3) is 0.323. The van der Waals surface area contributed by atoms with Gasteiger partial charge in [0.25, 0.3) is 0 Å². The first kappa shape index (κ1) is 28.7. The van der Waals surface area contributed by atoms with Crippen molar-refractivity contribution in [2.24, 2.45) is 0 Å². The lowest BCUT2D eigenvalue weighted by Gasteiger charge is -2.23. The van der Waals surface area contributed by atoms with E-state index in [-0.39, 0.29) is 23.7 Å². The first-order valence-electron chi connectivity index (χ1n) is 14.1. The van der Waals surface area contributed by atoms with Crippen LogP contribution in [0.3, 0.4) is 0 Å². The molecule has 0 unspecified atom stereocenters. The van der Waals surface area contributed by atoms with Gasteiger partial charge in [0.1, 0.15) is 5.84 Å². The van der Waals surface area contributed by atoms with E-state index in [4.69, 9.17) is 20.1 Å². The third-order valence-electron chi connectivity index (χ3n) is 7.27. The average Bonchev–Trinajstić information content (AvgIpc) is 3.42. The normalized spacial score (nSPS) is 13.6. The van der Waals surface area contributed by atoms with Crippen molar-refractivity contribution in [1.29, 1.82) is 5.41 Å². The van der Waals surface area contributed by atoms with Crippen LogP contribution in [0.1, 0.15) is 54.9 Å². The van der Waals surface area contributed by atoms with Gasteiger partial charge in [0.15, 0.2) is 5.65 Å². The van der Waals surface area contributed by atoms with Gasteiger partial charge in [-0.15, -0.1) is 0 Å². The summed E-state index contributed by atoms with van der Waals surface area (Å²) in [6.07, 6.45) is 4.90. The van der Waals surface area contributed by atoms with Gasteiger partial charge in [-0.3, -0.25) is 10.2 Å². The van der Waals surface area contributed by atoms with E-state index in [0.29, 0.717) is 29.7 Å². The van der Waals surface area contributed by atoms with E-state index >= 15 is 0 Å². The molecule has 2 aromatic heterocycles. The lowest BCUT2D eigenvalue weighted by Crippen LogP contribution is -2.29. The number of carbonyl (C=O) groups excluding carboxylic acids is 1. The Kier molecular flexibility index (Phi) is 8.77. The second-order valence-electron chi connectivity index (χ2n) is 10.6. The third kappa shape index (κ3) is 6.58. The lowest BCUT2D eigenvalue weighted by molar-refractivity contribution is -0.111. The monoisotopic (exact) mass is 567 g/mol. The molecule has 1 saturated heterocycles. The first-order chi connectivity index (χ1) is 20.3. The summed E-state index contributed by atoms with van der Waals surface area (Å²) in [7, 11) is 0. The van der Waals surface area contributed by atoms with Crippen molar-refractivity contribution < 1.29 is 9.53 Å². The Bertz CT molecular complexity index is 1610. The third-order valence-corrected chi connectivity index (χ3v) is 7.27. The van der Waals surface area contributed by atoms with Gasteiger partial charge in [-0.1, -0.05) is 44.7 Å². The molecule has 5 N–H and O–H groups in total. The van der Waals surface area contributed by atoms with Gasteiger partial charge in [0, 0.05) is 48.3 Å². The van der Waals surface area contributed by atoms with E-state index in [2.05, 4.69) is 46.8 Å². The molecule has 1 amide bonds. The number of aromatic nitrogens is 4. The van der Waals surface area contributed by atoms with Crippen molar-refractivity contribution >= 4 is 40.7 Å². The number of nitrogens with zero attached hydrogens (tertiary/aromatic N) is 4. The van der Waals surface area contributed by atoms with Crippen LogP contribution >= 0.6 is 0 Å². The largest absolute Gasteiger partial charge is 0.381 e. The Morgan fingerprint density at radius 3 is 2.71 bits per heavy atom. The van der Waals surface area contributed by atoms with Crippen LogP contribution in [-0.4, -0.2) is 50.6 Å². The maximum atomic E-state index is 11.8. The number of hydrogen-bond acceptors (Lipinski definition) is 8. The molecule has 0 aliphatic carbocycles. The summed E-state index contributed by atoms with van der Waals surface area (Å²) < 4.78 is 7.25. The van der Waals surface area contributed by atoms with Gasteiger partial charge in [-0.05, 0) is 61.1 Å². The van der Waals surface area contributed by atoms with Crippen LogP contribution in [0.25, 0.3) is 5.65 Å². The van der Waals surface area contributed by atoms with E-state index in [1.807, 2.05) is 49.5 Å². The van der Waals surface area contributed by atoms with Gasteiger partial charge in [0.2, 0.25) is 17.8 Å². The molecule has 0 spiro atoms. The molecule has 218 valence electrons. The number of rotatable bonds is 10. The van der Waals surface area contributed by atoms with Gasteiger partial charge < -0.3 is 26.0 Å². The number of fused-ring (bicyclic) bond motifs is 1. The van der Waals surface area contributed by atoms with Gasteiger partial charge in [-0.2, -0.15) is 19.6 Å². The van der Waals surface area contributed by atoms with E-state index in [1.54, 1.807) is 10.6 Å². The zero-order valence-electron chi connectivity index (χ0n) is 24.2. The molecule has 5 rings (SSSR count). The predicted octanol–water partition coefficient (Wildman–Crippen LogP) is 5.32. The van der Waals surface area contributed by atoms with E-state index in [0.717, 1.165) is 54.1 Å². The number of nitrogens with one attached hydrogen (secondary N) is 5. The molecule has 0 saturated carbocycles. The summed E-state index contributed by atoms with van der Waals surface area (Å²) in [5, 5.41) is 26.2. The van der Waals surface area contributed by atoms with Crippen LogP contribution in [0.2, 0.25) is 0 Å². The minimum Gasteiger partial charge on any atom is -0.381 e. The molecule has 0 atom stereocenters. The van der Waals surface area contributed by atoms with E-state index in [9.17, 15) is 4.79 Å². The number of amides is 1. The Hall–Kier alpha value is -4.77. The van der Waals surface area contributed by atoms with Crippen molar-refractivity contribution in [3.05, 3.63) is 83.6 Å². The number of benzene rings is 2. The molecule has 11 nitrogen and oxygen atoms in total.